The minimum absolute atomic E-state index is 0.337. The third kappa shape index (κ3) is 3.19. The summed E-state index contributed by atoms with van der Waals surface area (Å²) in [7, 11) is 0. The average Bonchev–Trinajstić information content (AvgIpc) is 2.87. The van der Waals surface area contributed by atoms with Gasteiger partial charge >= 0.3 is 0 Å². The summed E-state index contributed by atoms with van der Waals surface area (Å²) in [6, 6.07) is 6.59. The van der Waals surface area contributed by atoms with Crippen molar-refractivity contribution in [3.05, 3.63) is 40.4 Å². The first kappa shape index (κ1) is 13.6. The van der Waals surface area contributed by atoms with Crippen LogP contribution in [0.1, 0.15) is 30.3 Å². The van der Waals surface area contributed by atoms with E-state index in [1.807, 2.05) is 6.07 Å². The van der Waals surface area contributed by atoms with Crippen LogP contribution < -0.4 is 10.1 Å². The largest absolute Gasteiger partial charge is 0.493 e. The first-order valence-electron chi connectivity index (χ1n) is 6.83. The maximum atomic E-state index is 5.81. The molecule has 2 heterocycles. The molecule has 0 bridgehead atoms. The van der Waals surface area contributed by atoms with E-state index in [0.717, 1.165) is 48.5 Å². The molecule has 0 amide bonds. The van der Waals surface area contributed by atoms with Crippen LogP contribution in [0.5, 0.6) is 5.75 Å². The standard InChI is InChI=1S/C14H17BrN4O/c15-10-3-4-11-12(2-1-7-20-13(11)8-10)16-6-5-14-17-9-18-19-14/h3-4,8-9,12,16H,1-2,5-7H2,(H,17,18,19). The van der Waals surface area contributed by atoms with Gasteiger partial charge in [0.05, 0.1) is 6.61 Å². The lowest BCUT2D eigenvalue weighted by atomic mass is 10.0. The van der Waals surface area contributed by atoms with E-state index in [9.17, 15) is 0 Å². The topological polar surface area (TPSA) is 62.8 Å². The summed E-state index contributed by atoms with van der Waals surface area (Å²) in [6.45, 7) is 1.65. The first-order chi connectivity index (χ1) is 9.83. The lowest BCUT2D eigenvalue weighted by molar-refractivity contribution is 0.315. The van der Waals surface area contributed by atoms with Gasteiger partial charge in [-0.3, -0.25) is 5.10 Å². The number of nitrogens with one attached hydrogen (secondary N) is 2. The van der Waals surface area contributed by atoms with Crippen LogP contribution in [0.2, 0.25) is 0 Å². The molecule has 0 fully saturated rings. The van der Waals surface area contributed by atoms with Gasteiger partial charge in [0.2, 0.25) is 0 Å². The smallest absolute Gasteiger partial charge is 0.137 e. The van der Waals surface area contributed by atoms with Gasteiger partial charge in [0, 0.05) is 29.0 Å². The Morgan fingerprint density at radius 1 is 1.45 bits per heavy atom. The zero-order chi connectivity index (χ0) is 13.8. The van der Waals surface area contributed by atoms with Gasteiger partial charge in [0.1, 0.15) is 17.9 Å². The molecule has 0 radical (unpaired) electrons. The van der Waals surface area contributed by atoms with Crippen LogP contribution in [-0.2, 0) is 6.42 Å². The molecule has 0 spiro atoms. The summed E-state index contributed by atoms with van der Waals surface area (Å²) in [5.74, 6) is 1.90. The molecule has 20 heavy (non-hydrogen) atoms. The molecule has 1 aromatic heterocycles. The fraction of sp³-hybridized carbons (Fsp3) is 0.429. The fourth-order valence-corrected chi connectivity index (χ4v) is 2.81. The Morgan fingerprint density at radius 3 is 3.25 bits per heavy atom. The van der Waals surface area contributed by atoms with Crippen LogP contribution in [0.3, 0.4) is 0 Å². The molecule has 1 aromatic carbocycles. The maximum Gasteiger partial charge on any atom is 0.137 e. The summed E-state index contributed by atoms with van der Waals surface area (Å²) in [4.78, 5) is 4.14. The van der Waals surface area contributed by atoms with Crippen molar-refractivity contribution in [3.8, 4) is 5.75 Å². The van der Waals surface area contributed by atoms with Crippen LogP contribution in [0, 0.1) is 0 Å². The Kier molecular flexibility index (Phi) is 4.32. The molecule has 106 valence electrons. The van der Waals surface area contributed by atoms with E-state index >= 15 is 0 Å². The lowest BCUT2D eigenvalue weighted by Gasteiger charge is -2.18. The van der Waals surface area contributed by atoms with Gasteiger partial charge in [0.15, 0.2) is 0 Å². The van der Waals surface area contributed by atoms with Crippen LogP contribution in [-0.4, -0.2) is 28.3 Å². The molecule has 0 saturated heterocycles. The number of fused-ring (bicyclic) bond motifs is 1. The van der Waals surface area contributed by atoms with Gasteiger partial charge in [-0.05, 0) is 25.0 Å². The summed E-state index contributed by atoms with van der Waals surface area (Å²) in [5, 5.41) is 10.3. The van der Waals surface area contributed by atoms with Gasteiger partial charge in [0.25, 0.3) is 0 Å². The van der Waals surface area contributed by atoms with E-state index in [1.54, 1.807) is 6.33 Å². The molecule has 1 aliphatic rings. The third-order valence-electron chi connectivity index (χ3n) is 3.46. The molecule has 6 heteroatoms. The van der Waals surface area contributed by atoms with Crippen LogP contribution in [0.4, 0.5) is 0 Å². The van der Waals surface area contributed by atoms with Crippen LogP contribution in [0.25, 0.3) is 0 Å². The van der Waals surface area contributed by atoms with Gasteiger partial charge < -0.3 is 10.1 Å². The third-order valence-corrected chi connectivity index (χ3v) is 3.96. The van der Waals surface area contributed by atoms with Crippen LogP contribution >= 0.6 is 15.9 Å². The highest BCUT2D eigenvalue weighted by molar-refractivity contribution is 9.10. The van der Waals surface area contributed by atoms with E-state index in [-0.39, 0.29) is 0 Å². The van der Waals surface area contributed by atoms with E-state index < -0.39 is 0 Å². The van der Waals surface area contributed by atoms with Crippen molar-refractivity contribution in [3.63, 3.8) is 0 Å². The molecule has 2 aromatic rings. The summed E-state index contributed by atoms with van der Waals surface area (Å²) in [5.41, 5.74) is 1.24. The zero-order valence-corrected chi connectivity index (χ0v) is 12.7. The Morgan fingerprint density at radius 2 is 2.40 bits per heavy atom. The van der Waals surface area contributed by atoms with E-state index in [1.165, 1.54) is 5.56 Å². The Bertz CT molecular complexity index is 558. The fourth-order valence-electron chi connectivity index (χ4n) is 2.47. The Labute approximate surface area is 126 Å². The normalized spacial score (nSPS) is 18.1. The number of nitrogens with zero attached hydrogens (tertiary/aromatic N) is 2. The van der Waals surface area contributed by atoms with Gasteiger partial charge in [-0.2, -0.15) is 5.10 Å². The van der Waals surface area contributed by atoms with Gasteiger partial charge in [-0.25, -0.2) is 4.98 Å². The van der Waals surface area contributed by atoms with Crippen molar-refractivity contribution in [2.75, 3.05) is 13.2 Å². The van der Waals surface area contributed by atoms with Crippen molar-refractivity contribution in [1.82, 2.24) is 20.5 Å². The number of aromatic amines is 1. The molecular weight excluding hydrogens is 320 g/mol. The minimum Gasteiger partial charge on any atom is -0.493 e. The van der Waals surface area contributed by atoms with E-state index in [2.05, 4.69) is 48.6 Å². The SMILES string of the molecule is Brc1ccc2c(c1)OCCCC2NCCc1ncn[nH]1. The van der Waals surface area contributed by atoms with Crippen molar-refractivity contribution < 1.29 is 4.74 Å². The number of aromatic nitrogens is 3. The minimum atomic E-state index is 0.337. The van der Waals surface area contributed by atoms with E-state index in [4.69, 9.17) is 4.74 Å². The van der Waals surface area contributed by atoms with Crippen molar-refractivity contribution >= 4 is 15.9 Å². The predicted molar refractivity (Wildman–Crippen MR) is 79.7 cm³/mol. The Balaban J connectivity index is 1.67. The van der Waals surface area contributed by atoms with Crippen molar-refractivity contribution in [2.45, 2.75) is 25.3 Å². The summed E-state index contributed by atoms with van der Waals surface area (Å²) < 4.78 is 6.87. The van der Waals surface area contributed by atoms with Crippen LogP contribution in [0.15, 0.2) is 29.0 Å². The molecule has 3 rings (SSSR count). The molecular formula is C14H17BrN4O. The number of H-pyrrole nitrogens is 1. The molecule has 1 atom stereocenters. The van der Waals surface area contributed by atoms with E-state index in [0.29, 0.717) is 6.04 Å². The average molecular weight is 337 g/mol. The number of benzene rings is 1. The molecule has 2 N–H and O–H groups in total. The first-order valence-corrected chi connectivity index (χ1v) is 7.62. The molecule has 0 aliphatic carbocycles. The second-order valence-electron chi connectivity index (χ2n) is 4.86. The molecule has 5 nitrogen and oxygen atoms in total. The quantitative estimate of drug-likeness (QED) is 0.900. The number of hydrogen-bond donors (Lipinski definition) is 2. The van der Waals surface area contributed by atoms with Crippen molar-refractivity contribution in [1.29, 1.82) is 0 Å². The molecule has 1 unspecified atom stereocenters. The van der Waals surface area contributed by atoms with Gasteiger partial charge in [-0.15, -0.1) is 0 Å². The van der Waals surface area contributed by atoms with Gasteiger partial charge in [-0.1, -0.05) is 22.0 Å². The highest BCUT2D eigenvalue weighted by Gasteiger charge is 2.19. The molecule has 1 aliphatic heterocycles. The van der Waals surface area contributed by atoms with Crippen molar-refractivity contribution in [2.24, 2.45) is 0 Å². The number of ether oxygens (including phenoxy) is 1. The molecule has 0 saturated carbocycles. The number of halogens is 1. The zero-order valence-electron chi connectivity index (χ0n) is 11.1. The predicted octanol–water partition coefficient (Wildman–Crippen LogP) is 2.61. The summed E-state index contributed by atoms with van der Waals surface area (Å²) in [6.07, 6.45) is 4.54. The monoisotopic (exact) mass is 336 g/mol. The Hall–Kier alpha value is -1.40. The maximum absolute atomic E-state index is 5.81. The summed E-state index contributed by atoms with van der Waals surface area (Å²) >= 11 is 3.49. The highest BCUT2D eigenvalue weighted by atomic mass is 79.9. The second-order valence-corrected chi connectivity index (χ2v) is 5.78. The lowest BCUT2D eigenvalue weighted by Crippen LogP contribution is -2.23. The highest BCUT2D eigenvalue weighted by Crippen LogP contribution is 2.33. The second kappa shape index (κ2) is 6.37. The number of hydrogen-bond acceptors (Lipinski definition) is 4. The number of rotatable bonds is 4.